The summed E-state index contributed by atoms with van der Waals surface area (Å²) in [5, 5.41) is 21.1. The Morgan fingerprint density at radius 2 is 1.50 bits per heavy atom. The van der Waals surface area contributed by atoms with E-state index in [-0.39, 0.29) is 24.1 Å². The van der Waals surface area contributed by atoms with Crippen molar-refractivity contribution in [1.29, 1.82) is 0 Å². The molecule has 0 bridgehead atoms. The average Bonchev–Trinajstić information content (AvgIpc) is 2.94. The molecule has 0 spiro atoms. The van der Waals surface area contributed by atoms with E-state index in [2.05, 4.69) is 5.32 Å². The Balaban J connectivity index is 0.00000103. The Hall–Kier alpha value is -4.54. The molecule has 0 aliphatic carbocycles. The van der Waals surface area contributed by atoms with Crippen LogP contribution in [0.25, 0.3) is 0 Å². The molecule has 1 aliphatic rings. The molecule has 5 N–H and O–H groups in total. The van der Waals surface area contributed by atoms with Crippen LogP contribution in [-0.4, -0.2) is 52.9 Å². The van der Waals surface area contributed by atoms with E-state index in [0.29, 0.717) is 32.8 Å². The van der Waals surface area contributed by atoms with Gasteiger partial charge in [-0.05, 0) is 35.7 Å². The number of morpholine rings is 1. The minimum Gasteiger partial charge on any atom is -0.550 e. The number of carboxylic acid groups (broad SMARTS) is 1. The predicted molar refractivity (Wildman–Crippen MR) is 147 cm³/mol. The van der Waals surface area contributed by atoms with Gasteiger partial charge in [0.05, 0.1) is 25.1 Å². The monoisotopic (exact) mass is 545 g/mol. The number of hydrogen-bond acceptors (Lipinski definition) is 6. The number of nitrogens with zero attached hydrogens (tertiary/aromatic N) is 2. The van der Waals surface area contributed by atoms with Gasteiger partial charge in [0.2, 0.25) is 5.91 Å². The Morgan fingerprint density at radius 3 is 2.00 bits per heavy atom. The van der Waals surface area contributed by atoms with Crippen molar-refractivity contribution in [3.63, 3.8) is 0 Å². The highest BCUT2D eigenvalue weighted by Gasteiger charge is 2.34. The molecule has 0 aromatic heterocycles. The second-order valence-corrected chi connectivity index (χ2v) is 9.24. The summed E-state index contributed by atoms with van der Waals surface area (Å²) in [5.74, 6) is -1.29. The SMILES string of the molecule is CC(=O)[O-].NC(=[NH2+])c1ccc(CNC(=O)C[C@@H]2OCCN(N(Cc3ccccc3)Cc3ccccc3)C2=O)cc1. The summed E-state index contributed by atoms with van der Waals surface area (Å²) in [4.78, 5) is 34.9. The van der Waals surface area contributed by atoms with Gasteiger partial charge in [0.15, 0.2) is 0 Å². The van der Waals surface area contributed by atoms with Crippen molar-refractivity contribution in [2.75, 3.05) is 13.2 Å². The van der Waals surface area contributed by atoms with Crippen LogP contribution in [0.4, 0.5) is 0 Å². The first-order valence-corrected chi connectivity index (χ1v) is 12.9. The molecule has 1 saturated heterocycles. The quantitative estimate of drug-likeness (QED) is 0.235. The highest BCUT2D eigenvalue weighted by Crippen LogP contribution is 2.19. The second-order valence-electron chi connectivity index (χ2n) is 9.24. The van der Waals surface area contributed by atoms with Crippen molar-refractivity contribution in [3.05, 3.63) is 107 Å². The summed E-state index contributed by atoms with van der Waals surface area (Å²) >= 11 is 0. The number of ether oxygens (including phenoxy) is 1. The van der Waals surface area contributed by atoms with Crippen LogP contribution in [0, 0.1) is 0 Å². The highest BCUT2D eigenvalue weighted by atomic mass is 16.5. The van der Waals surface area contributed by atoms with Crippen LogP contribution in [0.2, 0.25) is 0 Å². The number of aliphatic carboxylic acids is 1. The number of hydrogen-bond donors (Lipinski definition) is 3. The van der Waals surface area contributed by atoms with Crippen LogP contribution in [0.5, 0.6) is 0 Å². The number of carboxylic acids is 1. The van der Waals surface area contributed by atoms with E-state index in [1.54, 1.807) is 17.1 Å². The van der Waals surface area contributed by atoms with Gasteiger partial charge >= 0.3 is 0 Å². The summed E-state index contributed by atoms with van der Waals surface area (Å²) in [5.41, 5.74) is 9.43. The van der Waals surface area contributed by atoms with Crippen molar-refractivity contribution >= 4 is 23.6 Å². The molecule has 40 heavy (non-hydrogen) atoms. The molecular weight excluding hydrogens is 510 g/mol. The van der Waals surface area contributed by atoms with Gasteiger partial charge in [-0.15, -0.1) is 0 Å². The molecule has 4 rings (SSSR count). The first-order chi connectivity index (χ1) is 19.2. The lowest BCUT2D eigenvalue weighted by Crippen LogP contribution is -2.56. The lowest BCUT2D eigenvalue weighted by molar-refractivity contribution is -0.302. The zero-order valence-electron chi connectivity index (χ0n) is 22.5. The van der Waals surface area contributed by atoms with Crippen LogP contribution in [0.1, 0.15) is 35.6 Å². The number of hydrazine groups is 1. The van der Waals surface area contributed by atoms with Crippen LogP contribution in [0.3, 0.4) is 0 Å². The van der Waals surface area contributed by atoms with Gasteiger partial charge in [-0.3, -0.25) is 25.7 Å². The molecule has 0 radical (unpaired) electrons. The first kappa shape index (κ1) is 30.0. The molecule has 10 nitrogen and oxygen atoms in total. The summed E-state index contributed by atoms with van der Waals surface area (Å²) in [6, 6.07) is 27.4. The molecule has 1 aliphatic heterocycles. The number of nitrogens with one attached hydrogen (secondary N) is 1. The number of rotatable bonds is 10. The molecule has 1 fully saturated rings. The maximum atomic E-state index is 13.4. The number of nitrogens with two attached hydrogens (primary N) is 2. The minimum absolute atomic E-state index is 0.0402. The van der Waals surface area contributed by atoms with Gasteiger partial charge in [-0.25, -0.2) is 5.01 Å². The average molecular weight is 546 g/mol. The molecule has 10 heteroatoms. The van der Waals surface area contributed by atoms with Gasteiger partial charge in [0, 0.05) is 25.6 Å². The fourth-order valence-electron chi connectivity index (χ4n) is 4.13. The fourth-order valence-corrected chi connectivity index (χ4v) is 4.13. The summed E-state index contributed by atoms with van der Waals surface area (Å²) in [6.45, 7) is 3.25. The third kappa shape index (κ3) is 9.64. The molecule has 3 aromatic rings. The molecule has 0 saturated carbocycles. The second kappa shape index (κ2) is 15.2. The summed E-state index contributed by atoms with van der Waals surface area (Å²) in [6.07, 6.45) is -0.872. The van der Waals surface area contributed by atoms with E-state index in [1.165, 1.54) is 0 Å². The Labute approximate surface area is 233 Å². The number of amides is 2. The van der Waals surface area contributed by atoms with Crippen molar-refractivity contribution in [3.8, 4) is 0 Å². The maximum absolute atomic E-state index is 13.4. The standard InChI is InChI=1S/C28H31N5O3.C2H4O2/c29-27(30)24-13-11-21(12-14-24)18-31-26(34)17-25-28(35)33(15-16-36-25)32(19-22-7-3-1-4-8-22)20-23-9-5-2-6-10-23;1-2(3)4/h1-14,25H,15-20H2,(H3,29,30)(H,31,34);1H3,(H,3,4)/t25-;/m0./s1. The van der Waals surface area contributed by atoms with Gasteiger partial charge < -0.3 is 20.0 Å². The summed E-state index contributed by atoms with van der Waals surface area (Å²) in [7, 11) is 0. The Bertz CT molecular complexity index is 1220. The van der Waals surface area contributed by atoms with Gasteiger partial charge in [-0.1, -0.05) is 72.8 Å². The number of amidine groups is 1. The molecule has 1 heterocycles. The molecule has 3 aromatic carbocycles. The van der Waals surface area contributed by atoms with Crippen LogP contribution in [0.15, 0.2) is 84.9 Å². The predicted octanol–water partition coefficient (Wildman–Crippen LogP) is -0.242. The Kier molecular flexibility index (Phi) is 11.4. The molecule has 0 unspecified atom stereocenters. The van der Waals surface area contributed by atoms with Crippen molar-refractivity contribution in [2.24, 2.45) is 5.73 Å². The summed E-state index contributed by atoms with van der Waals surface area (Å²) < 4.78 is 5.73. The normalized spacial score (nSPS) is 14.7. The smallest absolute Gasteiger partial charge is 0.270 e. The Morgan fingerprint density at radius 1 is 0.975 bits per heavy atom. The van der Waals surface area contributed by atoms with E-state index in [4.69, 9.17) is 25.8 Å². The van der Waals surface area contributed by atoms with Crippen LogP contribution in [-0.2, 0) is 38.8 Å². The molecule has 210 valence electrons. The van der Waals surface area contributed by atoms with Crippen LogP contribution >= 0.6 is 0 Å². The zero-order chi connectivity index (χ0) is 28.9. The lowest BCUT2D eigenvalue weighted by Gasteiger charge is -2.40. The van der Waals surface area contributed by atoms with Crippen molar-refractivity contribution < 1.29 is 29.6 Å². The topological polar surface area (TPSA) is 154 Å². The lowest BCUT2D eigenvalue weighted by atomic mass is 10.1. The highest BCUT2D eigenvalue weighted by molar-refractivity contribution is 5.92. The molecular formula is C30H35N5O5. The van der Waals surface area contributed by atoms with E-state index < -0.39 is 12.1 Å². The first-order valence-electron chi connectivity index (χ1n) is 12.9. The van der Waals surface area contributed by atoms with Crippen molar-refractivity contribution in [2.45, 2.75) is 39.1 Å². The van der Waals surface area contributed by atoms with Gasteiger partial charge in [0.25, 0.3) is 11.7 Å². The van der Waals surface area contributed by atoms with Gasteiger partial charge in [0.1, 0.15) is 6.10 Å². The van der Waals surface area contributed by atoms with E-state index in [9.17, 15) is 9.59 Å². The van der Waals surface area contributed by atoms with E-state index in [0.717, 1.165) is 29.2 Å². The number of carbonyl (C=O) groups excluding carboxylic acids is 3. The largest absolute Gasteiger partial charge is 0.550 e. The van der Waals surface area contributed by atoms with E-state index >= 15 is 0 Å². The van der Waals surface area contributed by atoms with Crippen molar-refractivity contribution in [1.82, 2.24) is 15.3 Å². The number of benzene rings is 3. The fraction of sp³-hybridized carbons (Fsp3) is 0.267. The van der Waals surface area contributed by atoms with E-state index in [1.807, 2.05) is 77.8 Å². The molecule has 1 atom stereocenters. The van der Waals surface area contributed by atoms with Gasteiger partial charge in [-0.2, -0.15) is 0 Å². The third-order valence-corrected chi connectivity index (χ3v) is 6.06. The molecule has 2 amide bonds. The minimum atomic E-state index is -1.08. The third-order valence-electron chi connectivity index (χ3n) is 6.06. The maximum Gasteiger partial charge on any atom is 0.270 e. The number of carbonyl (C=O) groups is 3. The van der Waals surface area contributed by atoms with Crippen LogP contribution < -0.4 is 21.6 Å². The zero-order valence-corrected chi connectivity index (χ0v) is 22.5.